The van der Waals surface area contributed by atoms with Crippen molar-refractivity contribution in [3.8, 4) is 0 Å². The van der Waals surface area contributed by atoms with E-state index in [1.54, 1.807) is 0 Å². The fraction of sp³-hybridized carbons (Fsp3) is 0.750. The van der Waals surface area contributed by atoms with E-state index < -0.39 is 0 Å². The van der Waals surface area contributed by atoms with Gasteiger partial charge < -0.3 is 0 Å². The van der Waals surface area contributed by atoms with E-state index in [9.17, 15) is 0 Å². The third-order valence-corrected chi connectivity index (χ3v) is 2.78. The Labute approximate surface area is 76.6 Å². The summed E-state index contributed by atoms with van der Waals surface area (Å²) in [6.45, 7) is 5.19. The van der Waals surface area contributed by atoms with Crippen LogP contribution < -0.4 is 0 Å². The second-order valence-corrected chi connectivity index (χ2v) is 3.56. The lowest BCUT2D eigenvalue weighted by atomic mass is 9.91. The number of H-pyrrole nitrogens is 1. The van der Waals surface area contributed by atoms with Gasteiger partial charge in [0.05, 0.1) is 0 Å². The Bertz CT molecular complexity index is 302. The van der Waals surface area contributed by atoms with Gasteiger partial charge in [-0.3, -0.25) is 4.99 Å². The molecule has 0 radical (unpaired) electrons. The summed E-state index contributed by atoms with van der Waals surface area (Å²) in [5, 5.41) is 13.9. The van der Waals surface area contributed by atoms with Gasteiger partial charge >= 0.3 is 0 Å². The number of hydrogen-bond donors (Lipinski definition) is 1. The van der Waals surface area contributed by atoms with E-state index in [-0.39, 0.29) is 0 Å². The molecule has 70 valence electrons. The fourth-order valence-corrected chi connectivity index (χ4v) is 1.65. The average Bonchev–Trinajstić information content (AvgIpc) is 2.71. The molecule has 1 N–H and O–H groups in total. The van der Waals surface area contributed by atoms with Crippen molar-refractivity contribution < 1.29 is 0 Å². The van der Waals surface area contributed by atoms with Gasteiger partial charge in [0.2, 0.25) is 0 Å². The smallest absolute Gasteiger partial charge is 0.174 e. The molecule has 2 heterocycles. The van der Waals surface area contributed by atoms with Crippen molar-refractivity contribution in [3.05, 3.63) is 5.82 Å². The SMILES string of the molecule is CC1=NCC(Cc2nn[nH]n2)C1C. The van der Waals surface area contributed by atoms with Crippen LogP contribution in [0.5, 0.6) is 0 Å². The lowest BCUT2D eigenvalue weighted by molar-refractivity contribution is 0.471. The summed E-state index contributed by atoms with van der Waals surface area (Å²) in [6.07, 6.45) is 0.874. The van der Waals surface area contributed by atoms with Crippen LogP contribution in [-0.4, -0.2) is 32.9 Å². The maximum Gasteiger partial charge on any atom is 0.174 e. The molecule has 1 aliphatic heterocycles. The van der Waals surface area contributed by atoms with Crippen LogP contribution >= 0.6 is 0 Å². The zero-order valence-corrected chi connectivity index (χ0v) is 7.86. The molecule has 0 saturated heterocycles. The third-order valence-electron chi connectivity index (χ3n) is 2.78. The summed E-state index contributed by atoms with van der Waals surface area (Å²) in [6, 6.07) is 0. The van der Waals surface area contributed by atoms with Gasteiger partial charge in [-0.25, -0.2) is 0 Å². The molecule has 1 aromatic heterocycles. The lowest BCUT2D eigenvalue weighted by Gasteiger charge is -2.12. The van der Waals surface area contributed by atoms with Crippen LogP contribution in [-0.2, 0) is 6.42 Å². The van der Waals surface area contributed by atoms with E-state index >= 15 is 0 Å². The van der Waals surface area contributed by atoms with E-state index in [4.69, 9.17) is 0 Å². The first kappa shape index (κ1) is 8.34. The molecule has 1 aromatic rings. The molecule has 1 aliphatic rings. The van der Waals surface area contributed by atoms with E-state index in [0.29, 0.717) is 11.8 Å². The number of hydrogen-bond acceptors (Lipinski definition) is 4. The molecule has 0 fully saturated rings. The quantitative estimate of drug-likeness (QED) is 0.717. The van der Waals surface area contributed by atoms with Gasteiger partial charge in [-0.05, 0) is 18.8 Å². The minimum absolute atomic E-state index is 0.553. The van der Waals surface area contributed by atoms with Gasteiger partial charge in [0.1, 0.15) is 0 Å². The maximum absolute atomic E-state index is 4.41. The zero-order valence-electron chi connectivity index (χ0n) is 7.86. The molecule has 13 heavy (non-hydrogen) atoms. The van der Waals surface area contributed by atoms with Crippen molar-refractivity contribution in [2.45, 2.75) is 20.3 Å². The first-order chi connectivity index (χ1) is 6.27. The molecule has 0 saturated carbocycles. The molecule has 0 aliphatic carbocycles. The van der Waals surface area contributed by atoms with Crippen molar-refractivity contribution in [2.24, 2.45) is 16.8 Å². The molecule has 2 rings (SSSR count). The molecule has 5 heteroatoms. The molecule has 2 atom stereocenters. The number of rotatable bonds is 2. The molecule has 0 amide bonds. The van der Waals surface area contributed by atoms with Crippen molar-refractivity contribution in [3.63, 3.8) is 0 Å². The molecule has 0 spiro atoms. The van der Waals surface area contributed by atoms with Crippen LogP contribution in [0.2, 0.25) is 0 Å². The van der Waals surface area contributed by atoms with Crippen molar-refractivity contribution in [1.82, 2.24) is 20.6 Å². The summed E-state index contributed by atoms with van der Waals surface area (Å²) >= 11 is 0. The topological polar surface area (TPSA) is 66.8 Å². The standard InChI is InChI=1S/C8H13N5/c1-5-6(2)9-4-7(5)3-8-10-12-13-11-8/h5,7H,3-4H2,1-2H3,(H,10,11,12,13). The van der Waals surface area contributed by atoms with Gasteiger partial charge in [0, 0.05) is 18.7 Å². The number of aliphatic imine (C=N–C) groups is 1. The van der Waals surface area contributed by atoms with E-state index in [1.807, 2.05) is 0 Å². The minimum atomic E-state index is 0.553. The Morgan fingerprint density at radius 3 is 2.92 bits per heavy atom. The summed E-state index contributed by atoms with van der Waals surface area (Å²) in [7, 11) is 0. The maximum atomic E-state index is 4.41. The van der Waals surface area contributed by atoms with Gasteiger partial charge in [0.25, 0.3) is 0 Å². The fourth-order valence-electron chi connectivity index (χ4n) is 1.65. The van der Waals surface area contributed by atoms with Crippen LogP contribution in [0.4, 0.5) is 0 Å². The zero-order chi connectivity index (χ0) is 9.26. The van der Waals surface area contributed by atoms with Gasteiger partial charge in [-0.15, -0.1) is 10.2 Å². The first-order valence-electron chi connectivity index (χ1n) is 4.50. The Kier molecular flexibility index (Phi) is 2.08. The first-order valence-corrected chi connectivity index (χ1v) is 4.50. The summed E-state index contributed by atoms with van der Waals surface area (Å²) in [4.78, 5) is 4.41. The number of aromatic nitrogens is 4. The highest BCUT2D eigenvalue weighted by atomic mass is 15.5. The number of aromatic amines is 1. The molecular formula is C8H13N5. The highest BCUT2D eigenvalue weighted by molar-refractivity contribution is 5.85. The normalized spacial score (nSPS) is 27.7. The Balaban J connectivity index is 1.98. The van der Waals surface area contributed by atoms with E-state index in [0.717, 1.165) is 18.8 Å². The molecule has 0 aromatic carbocycles. The van der Waals surface area contributed by atoms with Crippen LogP contribution in [0.3, 0.4) is 0 Å². The van der Waals surface area contributed by atoms with Crippen LogP contribution in [0.15, 0.2) is 4.99 Å². The highest BCUT2D eigenvalue weighted by Crippen LogP contribution is 2.23. The Morgan fingerprint density at radius 2 is 2.38 bits per heavy atom. The number of nitrogens with one attached hydrogen (secondary N) is 1. The third kappa shape index (κ3) is 1.59. The molecule has 5 nitrogen and oxygen atoms in total. The number of tetrazole rings is 1. The summed E-state index contributed by atoms with van der Waals surface area (Å²) in [5.41, 5.74) is 1.24. The van der Waals surface area contributed by atoms with Crippen molar-refractivity contribution >= 4 is 5.71 Å². The van der Waals surface area contributed by atoms with Gasteiger partial charge in [0.15, 0.2) is 5.82 Å². The second kappa shape index (κ2) is 3.24. The van der Waals surface area contributed by atoms with E-state index in [2.05, 4.69) is 39.5 Å². The second-order valence-electron chi connectivity index (χ2n) is 3.56. The van der Waals surface area contributed by atoms with Crippen LogP contribution in [0.25, 0.3) is 0 Å². The highest BCUT2D eigenvalue weighted by Gasteiger charge is 2.26. The molecule has 0 bridgehead atoms. The minimum Gasteiger partial charge on any atom is -0.294 e. The van der Waals surface area contributed by atoms with Gasteiger partial charge in [-0.2, -0.15) is 5.21 Å². The average molecular weight is 179 g/mol. The van der Waals surface area contributed by atoms with Crippen LogP contribution in [0.1, 0.15) is 19.7 Å². The largest absolute Gasteiger partial charge is 0.294 e. The van der Waals surface area contributed by atoms with E-state index in [1.165, 1.54) is 5.71 Å². The lowest BCUT2D eigenvalue weighted by Crippen LogP contribution is -2.16. The Hall–Kier alpha value is -1.26. The summed E-state index contributed by atoms with van der Waals surface area (Å²) < 4.78 is 0. The predicted molar refractivity (Wildman–Crippen MR) is 48.5 cm³/mol. The van der Waals surface area contributed by atoms with Crippen molar-refractivity contribution in [1.29, 1.82) is 0 Å². The summed E-state index contributed by atoms with van der Waals surface area (Å²) in [5.74, 6) is 1.90. The van der Waals surface area contributed by atoms with Crippen LogP contribution in [0, 0.1) is 11.8 Å². The number of nitrogens with zero attached hydrogens (tertiary/aromatic N) is 4. The van der Waals surface area contributed by atoms with Crippen molar-refractivity contribution in [2.75, 3.05) is 6.54 Å². The monoisotopic (exact) mass is 179 g/mol. The predicted octanol–water partition coefficient (Wildman–Crippen LogP) is 0.469. The molecule has 2 unspecified atom stereocenters. The van der Waals surface area contributed by atoms with Gasteiger partial charge in [-0.1, -0.05) is 12.1 Å². The molecular weight excluding hydrogens is 166 g/mol. The Morgan fingerprint density at radius 1 is 1.54 bits per heavy atom.